The molecular weight excluding hydrogens is 258 g/mol. The van der Waals surface area contributed by atoms with Gasteiger partial charge in [0.1, 0.15) is 5.01 Å². The Labute approximate surface area is 120 Å². The average Bonchev–Trinajstić information content (AvgIpc) is 2.80. The van der Waals surface area contributed by atoms with Gasteiger partial charge in [0.2, 0.25) is 0 Å². The molecule has 1 fully saturated rings. The van der Waals surface area contributed by atoms with Crippen LogP contribution in [0, 0.1) is 0 Å². The molecule has 2 heterocycles. The molecule has 5 heteroatoms. The van der Waals surface area contributed by atoms with E-state index in [9.17, 15) is 0 Å². The summed E-state index contributed by atoms with van der Waals surface area (Å²) in [7, 11) is 0. The third kappa shape index (κ3) is 4.53. The topological polar surface area (TPSA) is 37.4 Å². The maximum Gasteiger partial charge on any atom is 0.107 e. The van der Waals surface area contributed by atoms with Crippen LogP contribution in [-0.2, 0) is 24.2 Å². The minimum atomic E-state index is 0.859. The molecular formula is C14H25N3OS. The Morgan fingerprint density at radius 1 is 1.32 bits per heavy atom. The van der Waals surface area contributed by atoms with Crippen molar-refractivity contribution in [2.24, 2.45) is 0 Å². The number of hydrogen-bond donors (Lipinski definition) is 1. The summed E-state index contributed by atoms with van der Waals surface area (Å²) in [6.45, 7) is 11.1. The van der Waals surface area contributed by atoms with Crippen LogP contribution in [0.2, 0.25) is 0 Å². The first-order valence-electron chi connectivity index (χ1n) is 7.31. The third-order valence-electron chi connectivity index (χ3n) is 3.31. The zero-order valence-electron chi connectivity index (χ0n) is 12.1. The first-order valence-corrected chi connectivity index (χ1v) is 8.13. The summed E-state index contributed by atoms with van der Waals surface area (Å²) in [4.78, 5) is 8.71. The molecule has 1 N–H and O–H groups in total. The van der Waals surface area contributed by atoms with Gasteiger partial charge in [-0.15, -0.1) is 11.3 Å². The lowest BCUT2D eigenvalue weighted by molar-refractivity contribution is 0.0341. The van der Waals surface area contributed by atoms with Gasteiger partial charge >= 0.3 is 0 Å². The number of ether oxygens (including phenoxy) is 1. The quantitative estimate of drug-likeness (QED) is 0.831. The second-order valence-corrected chi connectivity index (χ2v) is 6.06. The fourth-order valence-corrected chi connectivity index (χ4v) is 3.39. The van der Waals surface area contributed by atoms with Crippen molar-refractivity contribution in [3.8, 4) is 0 Å². The standard InChI is InChI=1S/C14H25N3OS/c1-3-5-12-13(10-15-4-2)19-14(16-12)11-17-6-8-18-9-7-17/h15H,3-11H2,1-2H3. The van der Waals surface area contributed by atoms with Crippen LogP contribution in [0.1, 0.15) is 35.8 Å². The van der Waals surface area contributed by atoms with Gasteiger partial charge in [0.25, 0.3) is 0 Å². The highest BCUT2D eigenvalue weighted by molar-refractivity contribution is 7.11. The number of aryl methyl sites for hydroxylation is 1. The molecule has 0 amide bonds. The first-order chi connectivity index (χ1) is 9.33. The lowest BCUT2D eigenvalue weighted by Gasteiger charge is -2.25. The molecule has 1 aromatic heterocycles. The normalized spacial score (nSPS) is 16.9. The van der Waals surface area contributed by atoms with Crippen molar-refractivity contribution in [3.05, 3.63) is 15.6 Å². The van der Waals surface area contributed by atoms with Gasteiger partial charge in [-0.05, 0) is 13.0 Å². The van der Waals surface area contributed by atoms with Gasteiger partial charge in [0.15, 0.2) is 0 Å². The molecule has 1 aromatic rings. The predicted molar refractivity (Wildman–Crippen MR) is 79.6 cm³/mol. The van der Waals surface area contributed by atoms with Crippen LogP contribution in [0.4, 0.5) is 0 Å². The highest BCUT2D eigenvalue weighted by Gasteiger charge is 2.15. The molecule has 2 rings (SSSR count). The van der Waals surface area contributed by atoms with E-state index in [-0.39, 0.29) is 0 Å². The maximum atomic E-state index is 5.39. The van der Waals surface area contributed by atoms with E-state index >= 15 is 0 Å². The highest BCUT2D eigenvalue weighted by atomic mass is 32.1. The summed E-state index contributed by atoms with van der Waals surface area (Å²) in [6.07, 6.45) is 2.26. The van der Waals surface area contributed by atoms with Crippen molar-refractivity contribution >= 4 is 11.3 Å². The second kappa shape index (κ2) is 7.94. The number of rotatable bonds is 7. The minimum Gasteiger partial charge on any atom is -0.379 e. The molecule has 19 heavy (non-hydrogen) atoms. The average molecular weight is 283 g/mol. The number of aromatic nitrogens is 1. The van der Waals surface area contributed by atoms with Crippen LogP contribution in [0.15, 0.2) is 0 Å². The third-order valence-corrected chi connectivity index (χ3v) is 4.39. The van der Waals surface area contributed by atoms with E-state index < -0.39 is 0 Å². The van der Waals surface area contributed by atoms with Crippen molar-refractivity contribution in [2.75, 3.05) is 32.8 Å². The summed E-state index contributed by atoms with van der Waals surface area (Å²) < 4.78 is 5.39. The molecule has 0 spiro atoms. The lowest BCUT2D eigenvalue weighted by atomic mass is 10.2. The van der Waals surface area contributed by atoms with E-state index in [1.165, 1.54) is 22.0 Å². The van der Waals surface area contributed by atoms with Crippen LogP contribution in [0.5, 0.6) is 0 Å². The molecule has 1 aliphatic heterocycles. The Morgan fingerprint density at radius 2 is 2.11 bits per heavy atom. The van der Waals surface area contributed by atoms with Crippen LogP contribution >= 0.6 is 11.3 Å². The molecule has 0 saturated carbocycles. The largest absolute Gasteiger partial charge is 0.379 e. The fraction of sp³-hybridized carbons (Fsp3) is 0.786. The van der Waals surface area contributed by atoms with Gasteiger partial charge in [0.05, 0.1) is 25.5 Å². The molecule has 108 valence electrons. The Hall–Kier alpha value is -0.490. The minimum absolute atomic E-state index is 0.859. The summed E-state index contributed by atoms with van der Waals surface area (Å²) in [5, 5.41) is 4.68. The molecule has 0 aliphatic carbocycles. The Bertz CT molecular complexity index is 375. The SMILES string of the molecule is CCCc1nc(CN2CCOCC2)sc1CNCC. The van der Waals surface area contributed by atoms with Gasteiger partial charge in [-0.2, -0.15) is 0 Å². The molecule has 0 bridgehead atoms. The van der Waals surface area contributed by atoms with E-state index in [2.05, 4.69) is 24.1 Å². The van der Waals surface area contributed by atoms with E-state index in [1.54, 1.807) is 0 Å². The number of hydrogen-bond acceptors (Lipinski definition) is 5. The first kappa shape index (κ1) is 14.9. The van der Waals surface area contributed by atoms with Crippen molar-refractivity contribution in [2.45, 2.75) is 39.8 Å². The number of nitrogens with one attached hydrogen (secondary N) is 1. The van der Waals surface area contributed by atoms with Gasteiger partial charge in [0, 0.05) is 24.5 Å². The molecule has 1 aliphatic rings. The summed E-state index contributed by atoms with van der Waals surface area (Å²) in [6, 6.07) is 0. The van der Waals surface area contributed by atoms with E-state index in [1.807, 2.05) is 11.3 Å². The number of morpholine rings is 1. The molecule has 0 aromatic carbocycles. The number of thiazole rings is 1. The zero-order valence-corrected chi connectivity index (χ0v) is 12.9. The van der Waals surface area contributed by atoms with Gasteiger partial charge < -0.3 is 10.1 Å². The zero-order chi connectivity index (χ0) is 13.5. The van der Waals surface area contributed by atoms with Crippen LogP contribution in [0.3, 0.4) is 0 Å². The molecule has 4 nitrogen and oxygen atoms in total. The van der Waals surface area contributed by atoms with Gasteiger partial charge in [-0.3, -0.25) is 4.90 Å². The van der Waals surface area contributed by atoms with Gasteiger partial charge in [-0.1, -0.05) is 20.3 Å². The van der Waals surface area contributed by atoms with Crippen LogP contribution in [-0.4, -0.2) is 42.7 Å². The van der Waals surface area contributed by atoms with Crippen LogP contribution < -0.4 is 5.32 Å². The fourth-order valence-electron chi connectivity index (χ4n) is 2.26. The highest BCUT2D eigenvalue weighted by Crippen LogP contribution is 2.21. The summed E-state index contributed by atoms with van der Waals surface area (Å²) in [5.74, 6) is 0. The van der Waals surface area contributed by atoms with Crippen molar-refractivity contribution in [1.29, 1.82) is 0 Å². The Kier molecular flexibility index (Phi) is 6.23. The van der Waals surface area contributed by atoms with Crippen molar-refractivity contribution in [1.82, 2.24) is 15.2 Å². The molecule has 0 radical (unpaired) electrons. The van der Waals surface area contributed by atoms with Crippen molar-refractivity contribution in [3.63, 3.8) is 0 Å². The number of nitrogens with zero attached hydrogens (tertiary/aromatic N) is 2. The maximum absolute atomic E-state index is 5.39. The van der Waals surface area contributed by atoms with E-state index in [4.69, 9.17) is 9.72 Å². The molecule has 0 unspecified atom stereocenters. The molecule has 0 atom stereocenters. The van der Waals surface area contributed by atoms with E-state index in [0.717, 1.165) is 52.4 Å². The second-order valence-electron chi connectivity index (χ2n) is 4.90. The monoisotopic (exact) mass is 283 g/mol. The summed E-state index contributed by atoms with van der Waals surface area (Å²) >= 11 is 1.88. The summed E-state index contributed by atoms with van der Waals surface area (Å²) in [5.41, 5.74) is 1.30. The van der Waals surface area contributed by atoms with E-state index in [0.29, 0.717) is 0 Å². The Balaban J connectivity index is 1.98. The van der Waals surface area contributed by atoms with Crippen molar-refractivity contribution < 1.29 is 4.74 Å². The predicted octanol–water partition coefficient (Wildman–Crippen LogP) is 2.04. The smallest absolute Gasteiger partial charge is 0.107 e. The lowest BCUT2D eigenvalue weighted by Crippen LogP contribution is -2.35. The van der Waals surface area contributed by atoms with Gasteiger partial charge in [-0.25, -0.2) is 4.98 Å². The molecule has 1 saturated heterocycles. The van der Waals surface area contributed by atoms with Crippen LogP contribution in [0.25, 0.3) is 0 Å². The Morgan fingerprint density at radius 3 is 2.79 bits per heavy atom.